The van der Waals surface area contributed by atoms with E-state index in [4.69, 9.17) is 15.7 Å². The summed E-state index contributed by atoms with van der Waals surface area (Å²) in [5.41, 5.74) is 19.6. The van der Waals surface area contributed by atoms with Crippen LogP contribution in [0.25, 0.3) is 33.3 Å². The van der Waals surface area contributed by atoms with Gasteiger partial charge in [-0.05, 0) is 44.9 Å². The van der Waals surface area contributed by atoms with E-state index in [-0.39, 0.29) is 0 Å². The molecule has 3 aromatic heterocycles. The highest BCUT2D eigenvalue weighted by atomic mass is 32.1. The highest BCUT2D eigenvalue weighted by Gasteiger charge is 2.21. The number of hydrogen-bond donors (Lipinski definition) is 3. The van der Waals surface area contributed by atoms with E-state index in [1.807, 2.05) is 25.1 Å². The highest BCUT2D eigenvalue weighted by molar-refractivity contribution is 7.16. The molecule has 7 heteroatoms. The van der Waals surface area contributed by atoms with Gasteiger partial charge in [-0.1, -0.05) is 49.4 Å². The number of aromatic nitrogens is 3. The summed E-state index contributed by atoms with van der Waals surface area (Å²) in [5, 5.41) is 0.956. The van der Waals surface area contributed by atoms with Gasteiger partial charge in [0.25, 0.3) is 0 Å². The van der Waals surface area contributed by atoms with Crippen molar-refractivity contribution in [3.8, 4) is 22.0 Å². The number of nitrogens with one attached hydrogen (secondary N) is 2. The van der Waals surface area contributed by atoms with Crippen LogP contribution in [-0.4, -0.2) is 27.5 Å². The van der Waals surface area contributed by atoms with Crippen LogP contribution in [0.15, 0.2) is 54.7 Å². The average Bonchev–Trinajstić information content (AvgIpc) is 3.39. The van der Waals surface area contributed by atoms with Gasteiger partial charge in [0.15, 0.2) is 0 Å². The first kappa shape index (κ1) is 22.2. The van der Waals surface area contributed by atoms with E-state index < -0.39 is 0 Å². The van der Waals surface area contributed by atoms with Crippen LogP contribution < -0.4 is 16.6 Å². The van der Waals surface area contributed by atoms with E-state index in [2.05, 4.69) is 65.6 Å². The molecule has 1 aromatic carbocycles. The second-order valence-electron chi connectivity index (χ2n) is 7.62. The van der Waals surface area contributed by atoms with Gasteiger partial charge in [0.1, 0.15) is 16.3 Å². The third-order valence-electron chi connectivity index (χ3n) is 5.33. The summed E-state index contributed by atoms with van der Waals surface area (Å²) in [6, 6.07) is 14.6. The first-order valence-corrected chi connectivity index (χ1v) is 11.9. The van der Waals surface area contributed by atoms with E-state index in [9.17, 15) is 0 Å². The van der Waals surface area contributed by atoms with Gasteiger partial charge >= 0.3 is 0 Å². The predicted octanol–water partition coefficient (Wildman–Crippen LogP) is 4.80. The Bertz CT molecular complexity index is 1220. The largest absolute Gasteiger partial charge is 0.330 e. The molecule has 0 bridgehead atoms. The Morgan fingerprint density at radius 3 is 2.69 bits per heavy atom. The van der Waals surface area contributed by atoms with Gasteiger partial charge in [-0.3, -0.25) is 4.40 Å². The quantitative estimate of drug-likeness (QED) is 0.322. The second kappa shape index (κ2) is 10.1. The summed E-state index contributed by atoms with van der Waals surface area (Å²) >= 11 is 1.69. The molecule has 0 aliphatic carbocycles. The minimum Gasteiger partial charge on any atom is -0.330 e. The average molecular weight is 447 g/mol. The van der Waals surface area contributed by atoms with Gasteiger partial charge in [-0.25, -0.2) is 15.4 Å². The second-order valence-corrected chi connectivity index (χ2v) is 8.62. The van der Waals surface area contributed by atoms with Crippen LogP contribution in [0, 0.1) is 6.92 Å². The van der Waals surface area contributed by atoms with Gasteiger partial charge in [-0.15, -0.1) is 11.3 Å². The number of benzene rings is 1. The maximum absolute atomic E-state index is 5.72. The SMILES string of the molecule is CC=C(NNCC)c1sc(-c2c(C)nc3ccc(CCCN)cn23)nc1-c1ccccc1. The van der Waals surface area contributed by atoms with Crippen molar-refractivity contribution >= 4 is 22.7 Å². The lowest BCUT2D eigenvalue weighted by Crippen LogP contribution is -2.29. The van der Waals surface area contributed by atoms with Gasteiger partial charge in [0, 0.05) is 18.3 Å². The number of hydrazine groups is 1. The molecule has 0 amide bonds. The van der Waals surface area contributed by atoms with Gasteiger partial charge in [-0.2, -0.15) is 0 Å². The summed E-state index contributed by atoms with van der Waals surface area (Å²) in [6.07, 6.45) is 6.18. The fourth-order valence-electron chi connectivity index (χ4n) is 3.76. The van der Waals surface area contributed by atoms with Crippen LogP contribution in [-0.2, 0) is 6.42 Å². The molecule has 6 nitrogen and oxygen atoms in total. The Morgan fingerprint density at radius 1 is 1.16 bits per heavy atom. The summed E-state index contributed by atoms with van der Waals surface area (Å²) in [6.45, 7) is 7.67. The maximum atomic E-state index is 5.72. The normalized spacial score (nSPS) is 11.9. The van der Waals surface area contributed by atoms with Crippen LogP contribution in [0.1, 0.15) is 36.4 Å². The summed E-state index contributed by atoms with van der Waals surface area (Å²) < 4.78 is 2.17. The first-order valence-electron chi connectivity index (χ1n) is 11.1. The molecule has 32 heavy (non-hydrogen) atoms. The van der Waals surface area contributed by atoms with Crippen molar-refractivity contribution in [1.29, 1.82) is 0 Å². The topological polar surface area (TPSA) is 80.3 Å². The smallest absolute Gasteiger partial charge is 0.143 e. The van der Waals surface area contributed by atoms with Crippen LogP contribution in [0.2, 0.25) is 0 Å². The highest BCUT2D eigenvalue weighted by Crippen LogP contribution is 2.38. The van der Waals surface area contributed by atoms with Crippen molar-refractivity contribution in [1.82, 2.24) is 25.2 Å². The van der Waals surface area contributed by atoms with Crippen molar-refractivity contribution < 1.29 is 0 Å². The van der Waals surface area contributed by atoms with E-state index >= 15 is 0 Å². The number of thiazole rings is 1. The molecule has 0 atom stereocenters. The van der Waals surface area contributed by atoms with Gasteiger partial charge in [0.2, 0.25) is 0 Å². The Balaban J connectivity index is 1.87. The lowest BCUT2D eigenvalue weighted by Gasteiger charge is -2.10. The number of nitrogens with two attached hydrogens (primary N) is 1. The van der Waals surface area contributed by atoms with E-state index in [0.717, 1.165) is 63.3 Å². The first-order chi connectivity index (χ1) is 15.7. The fraction of sp³-hybridized carbons (Fsp3) is 0.280. The van der Waals surface area contributed by atoms with Crippen LogP contribution >= 0.6 is 11.3 Å². The summed E-state index contributed by atoms with van der Waals surface area (Å²) in [4.78, 5) is 11.0. The molecular formula is C25H30N6S. The fourth-order valence-corrected chi connectivity index (χ4v) is 4.97. The number of rotatable bonds is 9. The van der Waals surface area contributed by atoms with Crippen LogP contribution in [0.5, 0.6) is 0 Å². The third-order valence-corrected chi connectivity index (χ3v) is 6.43. The number of hydrogen-bond acceptors (Lipinski definition) is 6. The molecule has 0 fully saturated rings. The Hall–Kier alpha value is -3.00. The lowest BCUT2D eigenvalue weighted by atomic mass is 10.1. The van der Waals surface area contributed by atoms with E-state index in [1.54, 1.807) is 11.3 Å². The molecule has 0 unspecified atom stereocenters. The standard InChI is InChI=1S/C25H30N6S/c1-4-20(30-27-5-2)24-22(19-11-7-6-8-12-19)29-25(32-24)23-17(3)28-21-14-13-18(10-9-15-26)16-31(21)23/h4,6-8,11-14,16,27,30H,5,9-10,15,26H2,1-3H3. The maximum Gasteiger partial charge on any atom is 0.143 e. The summed E-state index contributed by atoms with van der Waals surface area (Å²) in [7, 11) is 0. The van der Waals surface area contributed by atoms with Gasteiger partial charge < -0.3 is 11.2 Å². The third kappa shape index (κ3) is 4.46. The number of pyridine rings is 1. The van der Waals surface area contributed by atoms with Gasteiger partial charge in [0.05, 0.1) is 22.0 Å². The molecule has 4 N–H and O–H groups in total. The molecule has 166 valence electrons. The summed E-state index contributed by atoms with van der Waals surface area (Å²) in [5.74, 6) is 0. The predicted molar refractivity (Wildman–Crippen MR) is 134 cm³/mol. The molecule has 0 saturated carbocycles. The minimum absolute atomic E-state index is 0.690. The molecule has 0 radical (unpaired) electrons. The van der Waals surface area contributed by atoms with Crippen LogP contribution in [0.3, 0.4) is 0 Å². The Labute approximate surface area is 193 Å². The molecule has 0 aliphatic rings. The monoisotopic (exact) mass is 446 g/mol. The van der Waals surface area contributed by atoms with E-state index in [0.29, 0.717) is 6.54 Å². The van der Waals surface area contributed by atoms with Crippen LogP contribution in [0.4, 0.5) is 0 Å². The Kier molecular flexibility index (Phi) is 6.99. The molecular weight excluding hydrogens is 416 g/mol. The number of nitrogens with zero attached hydrogens (tertiary/aromatic N) is 3. The zero-order valence-corrected chi connectivity index (χ0v) is 19.7. The van der Waals surface area contributed by atoms with Crippen molar-refractivity contribution in [2.45, 2.75) is 33.6 Å². The van der Waals surface area contributed by atoms with Crippen molar-refractivity contribution in [2.75, 3.05) is 13.1 Å². The Morgan fingerprint density at radius 2 is 1.97 bits per heavy atom. The zero-order chi connectivity index (χ0) is 22.5. The number of aryl methyl sites for hydroxylation is 2. The number of fused-ring (bicyclic) bond motifs is 1. The molecule has 3 heterocycles. The molecule has 4 rings (SSSR count). The van der Waals surface area contributed by atoms with Crippen molar-refractivity contribution in [2.24, 2.45) is 5.73 Å². The minimum atomic E-state index is 0.690. The number of imidazole rings is 1. The van der Waals surface area contributed by atoms with E-state index in [1.165, 1.54) is 5.56 Å². The lowest BCUT2D eigenvalue weighted by molar-refractivity contribution is 0.670. The molecule has 0 aliphatic heterocycles. The molecule has 0 spiro atoms. The molecule has 0 saturated heterocycles. The zero-order valence-electron chi connectivity index (χ0n) is 18.9. The van der Waals surface area contributed by atoms with Crippen molar-refractivity contribution in [3.63, 3.8) is 0 Å². The molecule has 4 aromatic rings. The van der Waals surface area contributed by atoms with Crippen molar-refractivity contribution in [3.05, 3.63) is 70.9 Å². The number of allylic oxidation sites excluding steroid dienone is 1.